The van der Waals surface area contributed by atoms with Crippen LogP contribution in [-0.2, 0) is 19.5 Å². The van der Waals surface area contributed by atoms with Gasteiger partial charge < -0.3 is 10.3 Å². The van der Waals surface area contributed by atoms with E-state index in [0.29, 0.717) is 11.8 Å². The predicted octanol–water partition coefficient (Wildman–Crippen LogP) is 3.82. The lowest BCUT2D eigenvalue weighted by molar-refractivity contribution is 0.683. The lowest BCUT2D eigenvalue weighted by Crippen LogP contribution is -2.12. The summed E-state index contributed by atoms with van der Waals surface area (Å²) in [5, 5.41) is 1.90. The van der Waals surface area contributed by atoms with Gasteiger partial charge in [-0.3, -0.25) is 0 Å². The molecule has 0 bridgehead atoms. The largest absolute Gasteiger partial charge is 0.346 e. The third-order valence-electron chi connectivity index (χ3n) is 4.21. The van der Waals surface area contributed by atoms with Crippen molar-refractivity contribution in [2.75, 3.05) is 0 Å². The zero-order chi connectivity index (χ0) is 14.2. The molecule has 0 amide bonds. The summed E-state index contributed by atoms with van der Waals surface area (Å²) in [5.74, 6) is 0. The Balaban J connectivity index is 1.64. The van der Waals surface area contributed by atoms with Gasteiger partial charge in [0.1, 0.15) is 0 Å². The Bertz CT molecular complexity index is 766. The summed E-state index contributed by atoms with van der Waals surface area (Å²) in [5.41, 5.74) is 9.93. The molecule has 0 spiro atoms. The lowest BCUT2D eigenvalue weighted by Gasteiger charge is -2.13. The van der Waals surface area contributed by atoms with Gasteiger partial charge in [0, 0.05) is 29.4 Å². The molecule has 3 aromatic rings. The van der Waals surface area contributed by atoms with Crippen LogP contribution in [0, 0.1) is 0 Å². The maximum atomic E-state index is 5.90. The number of hydrogen-bond acceptors (Lipinski definition) is 2. The molecule has 2 heterocycles. The normalized spacial score (nSPS) is 17.3. The molecular weight excluding hydrogens is 276 g/mol. The van der Waals surface area contributed by atoms with Gasteiger partial charge in [0.25, 0.3) is 0 Å². The molecule has 0 aliphatic carbocycles. The molecule has 0 saturated carbocycles. The van der Waals surface area contributed by atoms with E-state index in [1.54, 1.807) is 0 Å². The second kappa shape index (κ2) is 5.24. The molecule has 0 fully saturated rings. The molecule has 21 heavy (non-hydrogen) atoms. The van der Waals surface area contributed by atoms with Gasteiger partial charge >= 0.3 is 0 Å². The zero-order valence-corrected chi connectivity index (χ0v) is 12.6. The summed E-state index contributed by atoms with van der Waals surface area (Å²) in [4.78, 5) is 1.44. The van der Waals surface area contributed by atoms with Crippen molar-refractivity contribution in [3.63, 3.8) is 0 Å². The molecule has 106 valence electrons. The number of nitrogens with two attached hydrogens (primary N) is 1. The van der Waals surface area contributed by atoms with E-state index in [1.807, 2.05) is 11.8 Å². The van der Waals surface area contributed by atoms with Crippen molar-refractivity contribution in [1.29, 1.82) is 0 Å². The van der Waals surface area contributed by atoms with Crippen molar-refractivity contribution in [1.82, 2.24) is 4.57 Å². The van der Waals surface area contributed by atoms with Crippen LogP contribution >= 0.6 is 11.8 Å². The number of benzene rings is 2. The molecule has 1 aromatic heterocycles. The number of hydrogen-bond donors (Lipinski definition) is 1. The number of nitrogens with zero attached hydrogens (tertiary/aromatic N) is 1. The zero-order valence-electron chi connectivity index (χ0n) is 11.8. The summed E-state index contributed by atoms with van der Waals surface area (Å²) >= 11 is 2.00. The van der Waals surface area contributed by atoms with Crippen molar-refractivity contribution < 1.29 is 0 Å². The first-order valence-corrected chi connectivity index (χ1v) is 8.24. The second-order valence-corrected chi connectivity index (χ2v) is 6.92. The van der Waals surface area contributed by atoms with Crippen LogP contribution in [0.2, 0.25) is 0 Å². The summed E-state index contributed by atoms with van der Waals surface area (Å²) in [6, 6.07) is 17.3. The Hall–Kier alpha value is -1.71. The molecule has 3 heteroatoms. The van der Waals surface area contributed by atoms with Crippen molar-refractivity contribution in [2.45, 2.75) is 29.7 Å². The van der Waals surface area contributed by atoms with E-state index in [1.165, 1.54) is 26.9 Å². The summed E-state index contributed by atoms with van der Waals surface area (Å²) < 4.78 is 2.38. The molecule has 1 aliphatic rings. The highest BCUT2D eigenvalue weighted by Crippen LogP contribution is 2.38. The molecule has 1 aliphatic heterocycles. The molecule has 2 N–H and O–H groups in total. The van der Waals surface area contributed by atoms with Gasteiger partial charge in [0.15, 0.2) is 0 Å². The standard InChI is InChI=1S/C18H18N2S/c19-11-15-6-3-5-13-8-9-20(18(13)15)12-16-10-14-4-1-2-7-17(14)21-16/h1-9,16H,10-12,19H2. The molecule has 0 saturated heterocycles. The SMILES string of the molecule is NCc1cccc2ccn(CC3Cc4ccccc4S3)c12. The highest BCUT2D eigenvalue weighted by atomic mass is 32.2. The van der Waals surface area contributed by atoms with Crippen LogP contribution in [0.1, 0.15) is 11.1 Å². The third-order valence-corrected chi connectivity index (χ3v) is 5.51. The molecule has 2 aromatic carbocycles. The molecule has 4 rings (SSSR count). The van der Waals surface area contributed by atoms with E-state index in [4.69, 9.17) is 5.73 Å². The van der Waals surface area contributed by atoms with Crippen molar-refractivity contribution in [3.8, 4) is 0 Å². The van der Waals surface area contributed by atoms with Gasteiger partial charge in [-0.15, -0.1) is 11.8 Å². The number of thioether (sulfide) groups is 1. The number of rotatable bonds is 3. The van der Waals surface area contributed by atoms with Crippen LogP contribution in [-0.4, -0.2) is 9.82 Å². The highest BCUT2D eigenvalue weighted by molar-refractivity contribution is 8.00. The third kappa shape index (κ3) is 2.27. The highest BCUT2D eigenvalue weighted by Gasteiger charge is 2.22. The van der Waals surface area contributed by atoms with Crippen LogP contribution < -0.4 is 5.73 Å². The molecule has 1 atom stereocenters. The summed E-state index contributed by atoms with van der Waals surface area (Å²) in [7, 11) is 0. The average Bonchev–Trinajstić information content (AvgIpc) is 3.11. The van der Waals surface area contributed by atoms with Gasteiger partial charge in [0.2, 0.25) is 0 Å². The smallest absolute Gasteiger partial charge is 0.0526 e. The van der Waals surface area contributed by atoms with Crippen molar-refractivity contribution in [2.24, 2.45) is 5.73 Å². The van der Waals surface area contributed by atoms with Gasteiger partial charge in [-0.1, -0.05) is 36.4 Å². The minimum atomic E-state index is 0.597. The molecular formula is C18H18N2S. The van der Waals surface area contributed by atoms with Crippen LogP contribution in [0.5, 0.6) is 0 Å². The first-order chi connectivity index (χ1) is 10.3. The minimum absolute atomic E-state index is 0.597. The van der Waals surface area contributed by atoms with Gasteiger partial charge in [-0.2, -0.15) is 0 Å². The maximum Gasteiger partial charge on any atom is 0.0526 e. The van der Waals surface area contributed by atoms with Crippen molar-refractivity contribution in [3.05, 3.63) is 65.9 Å². The maximum absolute atomic E-state index is 5.90. The predicted molar refractivity (Wildman–Crippen MR) is 89.6 cm³/mol. The fraction of sp³-hybridized carbons (Fsp3) is 0.222. The first-order valence-electron chi connectivity index (χ1n) is 7.36. The van der Waals surface area contributed by atoms with Crippen LogP contribution in [0.15, 0.2) is 59.6 Å². The van der Waals surface area contributed by atoms with E-state index in [2.05, 4.69) is 59.3 Å². The number of para-hydroxylation sites is 1. The van der Waals surface area contributed by atoms with Crippen LogP contribution in [0.25, 0.3) is 10.9 Å². The van der Waals surface area contributed by atoms with E-state index in [-0.39, 0.29) is 0 Å². The quantitative estimate of drug-likeness (QED) is 0.796. The minimum Gasteiger partial charge on any atom is -0.346 e. The Morgan fingerprint density at radius 2 is 2.00 bits per heavy atom. The Morgan fingerprint density at radius 3 is 2.86 bits per heavy atom. The Morgan fingerprint density at radius 1 is 1.10 bits per heavy atom. The monoisotopic (exact) mass is 294 g/mol. The average molecular weight is 294 g/mol. The van der Waals surface area contributed by atoms with Crippen LogP contribution in [0.4, 0.5) is 0 Å². The van der Waals surface area contributed by atoms with Crippen LogP contribution in [0.3, 0.4) is 0 Å². The molecule has 0 radical (unpaired) electrons. The topological polar surface area (TPSA) is 30.9 Å². The first kappa shape index (κ1) is 13.0. The van der Waals surface area contributed by atoms with E-state index < -0.39 is 0 Å². The Labute approximate surface area is 129 Å². The Kier molecular flexibility index (Phi) is 3.24. The number of aromatic nitrogens is 1. The van der Waals surface area contributed by atoms with Gasteiger partial charge in [-0.05, 0) is 35.1 Å². The van der Waals surface area contributed by atoms with Crippen molar-refractivity contribution >= 4 is 22.7 Å². The molecule has 2 nitrogen and oxygen atoms in total. The summed E-state index contributed by atoms with van der Waals surface area (Å²) in [6.45, 7) is 1.64. The van der Waals surface area contributed by atoms with E-state index >= 15 is 0 Å². The second-order valence-electron chi connectivity index (χ2n) is 5.58. The lowest BCUT2D eigenvalue weighted by atomic mass is 10.1. The number of fused-ring (bicyclic) bond motifs is 2. The fourth-order valence-corrected chi connectivity index (χ4v) is 4.55. The summed E-state index contributed by atoms with van der Waals surface area (Å²) in [6.07, 6.45) is 3.36. The van der Waals surface area contributed by atoms with E-state index in [9.17, 15) is 0 Å². The van der Waals surface area contributed by atoms with Gasteiger partial charge in [-0.25, -0.2) is 0 Å². The van der Waals surface area contributed by atoms with Gasteiger partial charge in [0.05, 0.1) is 5.52 Å². The fourth-order valence-electron chi connectivity index (χ4n) is 3.23. The molecule has 1 unspecified atom stereocenters. The van der Waals surface area contributed by atoms with E-state index in [0.717, 1.165) is 13.0 Å².